The van der Waals surface area contributed by atoms with Crippen LogP contribution < -0.4 is 24.6 Å². The number of fused-ring (bicyclic) bond motifs is 1. The largest absolute Gasteiger partial charge is 0.490 e. The summed E-state index contributed by atoms with van der Waals surface area (Å²) in [6.45, 7) is 6.36. The van der Waals surface area contributed by atoms with Gasteiger partial charge in [-0.1, -0.05) is 24.3 Å². The average Bonchev–Trinajstić information content (AvgIpc) is 3.49. The Morgan fingerprint density at radius 1 is 1.05 bits per heavy atom. The number of hydrogen-bond acceptors (Lipinski definition) is 8. The Morgan fingerprint density at radius 2 is 1.93 bits per heavy atom. The Bertz CT molecular complexity index is 1340. The second-order valence-corrected chi connectivity index (χ2v) is 11.6. The van der Waals surface area contributed by atoms with Crippen molar-refractivity contribution in [2.75, 3.05) is 69.4 Å². The molecular weight excluding hydrogens is 549 g/mol. The first-order valence-electron chi connectivity index (χ1n) is 15.3. The zero-order valence-corrected chi connectivity index (χ0v) is 24.8. The molecule has 9 heteroatoms. The summed E-state index contributed by atoms with van der Waals surface area (Å²) in [6.07, 6.45) is 1.12. The van der Waals surface area contributed by atoms with Gasteiger partial charge in [-0.3, -0.25) is 0 Å². The van der Waals surface area contributed by atoms with Crippen molar-refractivity contribution < 1.29 is 28.4 Å². The number of aliphatic hydroxyl groups excluding tert-OH is 1. The zero-order valence-electron chi connectivity index (χ0n) is 24.8. The molecule has 0 radical (unpaired) electrons. The molecule has 0 amide bonds. The maximum Gasteiger partial charge on any atom is 0.142 e. The SMILES string of the molecule is COCCCN1CCOc2ccc(CO[C@H]3CNC[C@H](O)C3c3ccc(O[C@H]4CCN(c5cccc(F)c5)C4)cc3)cc21. The van der Waals surface area contributed by atoms with E-state index in [-0.39, 0.29) is 23.9 Å². The van der Waals surface area contributed by atoms with Gasteiger partial charge in [-0.25, -0.2) is 4.39 Å². The Morgan fingerprint density at radius 3 is 2.77 bits per heavy atom. The first-order valence-corrected chi connectivity index (χ1v) is 15.3. The number of nitrogens with zero attached hydrogens (tertiary/aromatic N) is 2. The van der Waals surface area contributed by atoms with Crippen molar-refractivity contribution in [3.8, 4) is 11.5 Å². The second-order valence-electron chi connectivity index (χ2n) is 11.6. The van der Waals surface area contributed by atoms with Crippen LogP contribution in [0.2, 0.25) is 0 Å². The van der Waals surface area contributed by atoms with Gasteiger partial charge in [0, 0.05) is 57.9 Å². The summed E-state index contributed by atoms with van der Waals surface area (Å²) in [5.41, 5.74) is 4.09. The lowest BCUT2D eigenvalue weighted by Gasteiger charge is -2.36. The normalized spacial score (nSPS) is 23.6. The smallest absolute Gasteiger partial charge is 0.142 e. The molecular formula is C34H42FN3O5. The highest BCUT2D eigenvalue weighted by atomic mass is 19.1. The van der Waals surface area contributed by atoms with Crippen LogP contribution in [0, 0.1) is 5.82 Å². The highest BCUT2D eigenvalue weighted by Gasteiger charge is 2.34. The minimum absolute atomic E-state index is 0.0348. The number of ether oxygens (including phenoxy) is 4. The number of anilines is 2. The predicted molar refractivity (Wildman–Crippen MR) is 165 cm³/mol. The van der Waals surface area contributed by atoms with Crippen LogP contribution >= 0.6 is 0 Å². The fourth-order valence-corrected chi connectivity index (χ4v) is 6.41. The molecule has 2 saturated heterocycles. The molecule has 0 aliphatic carbocycles. The van der Waals surface area contributed by atoms with E-state index >= 15 is 0 Å². The molecule has 4 atom stereocenters. The zero-order chi connectivity index (χ0) is 29.6. The maximum absolute atomic E-state index is 13.7. The molecule has 6 rings (SSSR count). The van der Waals surface area contributed by atoms with Gasteiger partial charge in [-0.15, -0.1) is 0 Å². The number of halogens is 1. The van der Waals surface area contributed by atoms with Crippen LogP contribution in [0.15, 0.2) is 66.7 Å². The minimum Gasteiger partial charge on any atom is -0.490 e. The van der Waals surface area contributed by atoms with Crippen LogP contribution in [0.1, 0.15) is 29.9 Å². The molecule has 2 N–H and O–H groups in total. The summed E-state index contributed by atoms with van der Waals surface area (Å²) < 4.78 is 37.6. The van der Waals surface area contributed by atoms with Crippen molar-refractivity contribution >= 4 is 11.4 Å². The monoisotopic (exact) mass is 591 g/mol. The topological polar surface area (TPSA) is 75.7 Å². The van der Waals surface area contributed by atoms with E-state index in [0.717, 1.165) is 73.1 Å². The van der Waals surface area contributed by atoms with Gasteiger partial charge in [0.05, 0.1) is 37.6 Å². The molecule has 0 bridgehead atoms. The van der Waals surface area contributed by atoms with Crippen LogP contribution in [-0.4, -0.2) is 83.0 Å². The van der Waals surface area contributed by atoms with E-state index in [1.807, 2.05) is 36.4 Å². The van der Waals surface area contributed by atoms with Gasteiger partial charge in [-0.2, -0.15) is 0 Å². The average molecular weight is 592 g/mol. The van der Waals surface area contributed by atoms with Crippen molar-refractivity contribution in [2.24, 2.45) is 0 Å². The van der Waals surface area contributed by atoms with Gasteiger partial charge in [0.25, 0.3) is 0 Å². The molecule has 8 nitrogen and oxygen atoms in total. The standard InChI is InChI=1S/C34H42FN3O5/c1-40-16-3-13-37-15-17-41-32-11-6-24(18-30(32)37)23-42-33-21-36-20-31(39)34(33)25-7-9-28(10-8-25)43-29-12-14-38(22-29)27-5-2-4-26(35)19-27/h2,4-11,18-19,29,31,33-34,36,39H,3,12-17,20-23H2,1H3/t29-,31-,33-,34?/m0/s1. The van der Waals surface area contributed by atoms with Crippen LogP contribution in [0.25, 0.3) is 0 Å². The molecule has 2 fully saturated rings. The van der Waals surface area contributed by atoms with E-state index in [4.69, 9.17) is 18.9 Å². The first-order chi connectivity index (χ1) is 21.1. The van der Waals surface area contributed by atoms with E-state index in [2.05, 4.69) is 27.2 Å². The number of piperidine rings is 1. The second kappa shape index (κ2) is 13.9. The van der Waals surface area contributed by atoms with Crippen LogP contribution in [-0.2, 0) is 16.1 Å². The van der Waals surface area contributed by atoms with E-state index in [9.17, 15) is 9.50 Å². The van der Waals surface area contributed by atoms with Crippen molar-refractivity contribution in [3.05, 3.63) is 83.7 Å². The lowest BCUT2D eigenvalue weighted by atomic mass is 9.85. The van der Waals surface area contributed by atoms with Gasteiger partial charge in [0.1, 0.15) is 30.0 Å². The van der Waals surface area contributed by atoms with Gasteiger partial charge in [0.15, 0.2) is 0 Å². The molecule has 0 saturated carbocycles. The molecule has 1 unspecified atom stereocenters. The van der Waals surface area contributed by atoms with Gasteiger partial charge in [0.2, 0.25) is 0 Å². The predicted octanol–water partition coefficient (Wildman–Crippen LogP) is 4.35. The molecule has 3 aromatic carbocycles. The van der Waals surface area contributed by atoms with Crippen molar-refractivity contribution in [1.82, 2.24) is 5.32 Å². The number of methoxy groups -OCH3 is 1. The third kappa shape index (κ3) is 7.24. The third-order valence-corrected chi connectivity index (χ3v) is 8.62. The molecule has 3 aliphatic rings. The summed E-state index contributed by atoms with van der Waals surface area (Å²) in [4.78, 5) is 4.51. The molecule has 230 valence electrons. The number of hydrogen-bond donors (Lipinski definition) is 2. The first kappa shape index (κ1) is 29.7. The molecule has 43 heavy (non-hydrogen) atoms. The number of β-amino-alcohol motifs (C(OH)–C–C–N with tert-alkyl or cyclic N) is 1. The lowest BCUT2D eigenvalue weighted by Crippen LogP contribution is -2.49. The molecule has 0 spiro atoms. The lowest BCUT2D eigenvalue weighted by molar-refractivity contribution is -0.0328. The van der Waals surface area contributed by atoms with Gasteiger partial charge in [-0.05, 0) is 60.0 Å². The summed E-state index contributed by atoms with van der Waals surface area (Å²) in [7, 11) is 1.73. The quantitative estimate of drug-likeness (QED) is 0.319. The van der Waals surface area contributed by atoms with Gasteiger partial charge < -0.3 is 39.2 Å². The number of benzene rings is 3. The van der Waals surface area contributed by atoms with Crippen molar-refractivity contribution in [3.63, 3.8) is 0 Å². The summed E-state index contributed by atoms with van der Waals surface area (Å²) in [6, 6.07) is 21.0. The molecule has 0 aromatic heterocycles. The van der Waals surface area contributed by atoms with Crippen molar-refractivity contribution in [2.45, 2.75) is 43.7 Å². The third-order valence-electron chi connectivity index (χ3n) is 8.62. The summed E-state index contributed by atoms with van der Waals surface area (Å²) in [5.74, 6) is 1.32. The Labute approximate surface area is 253 Å². The number of rotatable bonds is 11. The fourth-order valence-electron chi connectivity index (χ4n) is 6.41. The van der Waals surface area contributed by atoms with E-state index in [0.29, 0.717) is 32.8 Å². The van der Waals surface area contributed by atoms with E-state index in [1.165, 1.54) is 6.07 Å². The van der Waals surface area contributed by atoms with Gasteiger partial charge >= 0.3 is 0 Å². The number of aliphatic hydroxyl groups is 1. The highest BCUT2D eigenvalue weighted by molar-refractivity contribution is 5.61. The molecule has 3 aromatic rings. The van der Waals surface area contributed by atoms with Crippen LogP contribution in [0.3, 0.4) is 0 Å². The van der Waals surface area contributed by atoms with Crippen molar-refractivity contribution in [1.29, 1.82) is 0 Å². The number of nitrogens with one attached hydrogen (secondary N) is 1. The van der Waals surface area contributed by atoms with E-state index in [1.54, 1.807) is 19.2 Å². The summed E-state index contributed by atoms with van der Waals surface area (Å²) >= 11 is 0. The maximum atomic E-state index is 13.7. The molecule has 3 heterocycles. The summed E-state index contributed by atoms with van der Waals surface area (Å²) in [5, 5.41) is 14.3. The molecule has 3 aliphatic heterocycles. The Kier molecular flexibility index (Phi) is 9.63. The van der Waals surface area contributed by atoms with E-state index < -0.39 is 6.10 Å². The highest BCUT2D eigenvalue weighted by Crippen LogP contribution is 2.34. The Balaban J connectivity index is 1.07. The van der Waals surface area contributed by atoms with Crippen LogP contribution in [0.4, 0.5) is 15.8 Å². The van der Waals surface area contributed by atoms with Crippen LogP contribution in [0.5, 0.6) is 11.5 Å². The minimum atomic E-state index is -0.562. The Hall–Kier alpha value is -3.37. The fraction of sp³-hybridized carbons (Fsp3) is 0.471.